The Labute approximate surface area is 62.2 Å². The highest BCUT2D eigenvalue weighted by molar-refractivity contribution is 4.82. The van der Waals surface area contributed by atoms with Crippen LogP contribution in [0.3, 0.4) is 0 Å². The third-order valence-corrected chi connectivity index (χ3v) is 2.30. The van der Waals surface area contributed by atoms with E-state index in [1.165, 1.54) is 0 Å². The molecule has 1 aliphatic rings. The molecule has 60 valence electrons. The van der Waals surface area contributed by atoms with Gasteiger partial charge in [-0.25, -0.2) is 0 Å². The lowest BCUT2D eigenvalue weighted by atomic mass is 9.89. The van der Waals surface area contributed by atoms with Gasteiger partial charge in [0.25, 0.3) is 0 Å². The SMILES string of the molecule is CCC1(O)CCOC(C)C1. The summed E-state index contributed by atoms with van der Waals surface area (Å²) in [6.07, 6.45) is 2.68. The third-order valence-electron chi connectivity index (χ3n) is 2.30. The van der Waals surface area contributed by atoms with Crippen molar-refractivity contribution < 1.29 is 9.84 Å². The number of hydrogen-bond donors (Lipinski definition) is 1. The van der Waals surface area contributed by atoms with Crippen LogP contribution >= 0.6 is 0 Å². The lowest BCUT2D eigenvalue weighted by Crippen LogP contribution is -2.38. The summed E-state index contributed by atoms with van der Waals surface area (Å²) in [5.74, 6) is 0. The Bertz CT molecular complexity index is 114. The van der Waals surface area contributed by atoms with Gasteiger partial charge in [0.2, 0.25) is 0 Å². The molecule has 2 atom stereocenters. The van der Waals surface area contributed by atoms with E-state index < -0.39 is 5.60 Å². The van der Waals surface area contributed by atoms with Crippen molar-refractivity contribution >= 4 is 0 Å². The Kier molecular flexibility index (Phi) is 2.32. The zero-order chi connectivity index (χ0) is 7.61. The average molecular weight is 144 g/mol. The maximum Gasteiger partial charge on any atom is 0.0691 e. The predicted molar refractivity (Wildman–Crippen MR) is 39.9 cm³/mol. The summed E-state index contributed by atoms with van der Waals surface area (Å²) in [7, 11) is 0. The first-order chi connectivity index (χ1) is 4.66. The number of ether oxygens (including phenoxy) is 1. The molecular formula is C8H16O2. The third kappa shape index (κ3) is 1.70. The summed E-state index contributed by atoms with van der Waals surface area (Å²) in [6, 6.07) is 0. The van der Waals surface area contributed by atoms with Crippen molar-refractivity contribution in [1.82, 2.24) is 0 Å². The van der Waals surface area contributed by atoms with Crippen molar-refractivity contribution in [2.24, 2.45) is 0 Å². The monoisotopic (exact) mass is 144 g/mol. The van der Waals surface area contributed by atoms with Gasteiger partial charge in [0, 0.05) is 13.0 Å². The van der Waals surface area contributed by atoms with Crippen LogP contribution in [-0.4, -0.2) is 23.4 Å². The first-order valence-electron chi connectivity index (χ1n) is 4.00. The molecule has 1 heterocycles. The summed E-state index contributed by atoms with van der Waals surface area (Å²) in [6.45, 7) is 4.75. The summed E-state index contributed by atoms with van der Waals surface area (Å²) in [5.41, 5.74) is -0.433. The van der Waals surface area contributed by atoms with Crippen LogP contribution in [0.5, 0.6) is 0 Å². The van der Waals surface area contributed by atoms with Crippen LogP contribution in [0.25, 0.3) is 0 Å². The molecule has 0 spiro atoms. The quantitative estimate of drug-likeness (QED) is 0.601. The van der Waals surface area contributed by atoms with E-state index in [1.54, 1.807) is 0 Å². The van der Waals surface area contributed by atoms with Gasteiger partial charge in [-0.05, 0) is 19.8 Å². The van der Waals surface area contributed by atoms with Crippen molar-refractivity contribution in [3.8, 4) is 0 Å². The molecule has 0 aromatic heterocycles. The van der Waals surface area contributed by atoms with E-state index in [9.17, 15) is 5.11 Å². The predicted octanol–water partition coefficient (Wildman–Crippen LogP) is 1.33. The van der Waals surface area contributed by atoms with Gasteiger partial charge in [-0.1, -0.05) is 6.92 Å². The maximum atomic E-state index is 9.77. The molecule has 2 unspecified atom stereocenters. The minimum atomic E-state index is -0.433. The molecule has 0 bridgehead atoms. The van der Waals surface area contributed by atoms with Gasteiger partial charge in [-0.15, -0.1) is 0 Å². The van der Waals surface area contributed by atoms with Crippen LogP contribution in [-0.2, 0) is 4.74 Å². The summed E-state index contributed by atoms with van der Waals surface area (Å²) < 4.78 is 5.32. The molecule has 0 saturated carbocycles. The van der Waals surface area contributed by atoms with Gasteiger partial charge in [-0.3, -0.25) is 0 Å². The number of hydrogen-bond acceptors (Lipinski definition) is 2. The van der Waals surface area contributed by atoms with Crippen molar-refractivity contribution in [2.75, 3.05) is 6.61 Å². The van der Waals surface area contributed by atoms with E-state index in [4.69, 9.17) is 4.74 Å². The first kappa shape index (κ1) is 8.02. The highest BCUT2D eigenvalue weighted by atomic mass is 16.5. The van der Waals surface area contributed by atoms with Crippen LogP contribution in [0.15, 0.2) is 0 Å². The normalized spacial score (nSPS) is 41.7. The zero-order valence-corrected chi connectivity index (χ0v) is 6.76. The lowest BCUT2D eigenvalue weighted by molar-refractivity contribution is -0.0981. The van der Waals surface area contributed by atoms with E-state index in [0.29, 0.717) is 6.61 Å². The van der Waals surface area contributed by atoms with Gasteiger partial charge >= 0.3 is 0 Å². The second kappa shape index (κ2) is 2.89. The molecule has 2 nitrogen and oxygen atoms in total. The second-order valence-corrected chi connectivity index (χ2v) is 3.21. The Hall–Kier alpha value is -0.0800. The second-order valence-electron chi connectivity index (χ2n) is 3.21. The topological polar surface area (TPSA) is 29.5 Å². The molecular weight excluding hydrogens is 128 g/mol. The minimum absolute atomic E-state index is 0.235. The van der Waals surface area contributed by atoms with Gasteiger partial charge in [0.15, 0.2) is 0 Å². The van der Waals surface area contributed by atoms with E-state index in [1.807, 2.05) is 13.8 Å². The highest BCUT2D eigenvalue weighted by Gasteiger charge is 2.30. The van der Waals surface area contributed by atoms with E-state index in [2.05, 4.69) is 0 Å². The van der Waals surface area contributed by atoms with Gasteiger partial charge < -0.3 is 9.84 Å². The molecule has 1 saturated heterocycles. The molecule has 1 rings (SSSR count). The van der Waals surface area contributed by atoms with E-state index in [-0.39, 0.29) is 6.10 Å². The molecule has 0 aromatic carbocycles. The summed E-state index contributed by atoms with van der Waals surface area (Å²) >= 11 is 0. The molecule has 0 amide bonds. The van der Waals surface area contributed by atoms with Crippen LogP contribution in [0, 0.1) is 0 Å². The van der Waals surface area contributed by atoms with Crippen molar-refractivity contribution in [1.29, 1.82) is 0 Å². The Morgan fingerprint density at radius 2 is 2.40 bits per heavy atom. The van der Waals surface area contributed by atoms with Crippen LogP contribution in [0.1, 0.15) is 33.1 Å². The molecule has 2 heteroatoms. The molecule has 0 aliphatic carbocycles. The minimum Gasteiger partial charge on any atom is -0.390 e. The highest BCUT2D eigenvalue weighted by Crippen LogP contribution is 2.26. The molecule has 0 aromatic rings. The number of rotatable bonds is 1. The smallest absolute Gasteiger partial charge is 0.0691 e. The Balaban J connectivity index is 2.45. The van der Waals surface area contributed by atoms with E-state index in [0.717, 1.165) is 19.3 Å². The van der Waals surface area contributed by atoms with Gasteiger partial charge in [0.05, 0.1) is 11.7 Å². The van der Waals surface area contributed by atoms with Crippen LogP contribution < -0.4 is 0 Å². The van der Waals surface area contributed by atoms with Gasteiger partial charge in [0.1, 0.15) is 0 Å². The van der Waals surface area contributed by atoms with Crippen molar-refractivity contribution in [2.45, 2.75) is 44.8 Å². The fourth-order valence-corrected chi connectivity index (χ4v) is 1.47. The fraction of sp³-hybridized carbons (Fsp3) is 1.00. The maximum absolute atomic E-state index is 9.77. The molecule has 0 radical (unpaired) electrons. The largest absolute Gasteiger partial charge is 0.390 e. The Morgan fingerprint density at radius 1 is 1.70 bits per heavy atom. The fourth-order valence-electron chi connectivity index (χ4n) is 1.47. The lowest BCUT2D eigenvalue weighted by Gasteiger charge is -2.34. The zero-order valence-electron chi connectivity index (χ0n) is 6.76. The van der Waals surface area contributed by atoms with Crippen LogP contribution in [0.4, 0.5) is 0 Å². The Morgan fingerprint density at radius 3 is 2.80 bits per heavy atom. The molecule has 1 N–H and O–H groups in total. The average Bonchev–Trinajstić information content (AvgIpc) is 1.88. The first-order valence-corrected chi connectivity index (χ1v) is 4.00. The number of aliphatic hydroxyl groups is 1. The standard InChI is InChI=1S/C8H16O2/c1-3-8(9)4-5-10-7(2)6-8/h7,9H,3-6H2,1-2H3. The van der Waals surface area contributed by atoms with Crippen molar-refractivity contribution in [3.05, 3.63) is 0 Å². The van der Waals surface area contributed by atoms with E-state index >= 15 is 0 Å². The molecule has 1 aliphatic heterocycles. The van der Waals surface area contributed by atoms with Crippen molar-refractivity contribution in [3.63, 3.8) is 0 Å². The van der Waals surface area contributed by atoms with Gasteiger partial charge in [-0.2, -0.15) is 0 Å². The summed E-state index contributed by atoms with van der Waals surface area (Å²) in [5, 5.41) is 9.77. The summed E-state index contributed by atoms with van der Waals surface area (Å²) in [4.78, 5) is 0. The molecule has 10 heavy (non-hydrogen) atoms. The van der Waals surface area contributed by atoms with Crippen LogP contribution in [0.2, 0.25) is 0 Å². The molecule has 1 fully saturated rings.